The lowest BCUT2D eigenvalue weighted by Gasteiger charge is -2.05. The van der Waals surface area contributed by atoms with Crippen molar-refractivity contribution in [2.24, 2.45) is 15.3 Å². The monoisotopic (exact) mass is 417 g/mol. The SMILES string of the molecule is COc1ccc(/C(N=Nc2nc3ccccc3nc2Cl)=N\Nc2cccnc2)cc1. The van der Waals surface area contributed by atoms with Crippen molar-refractivity contribution in [3.05, 3.63) is 83.8 Å². The summed E-state index contributed by atoms with van der Waals surface area (Å²) >= 11 is 6.24. The van der Waals surface area contributed by atoms with Gasteiger partial charge in [0.25, 0.3) is 0 Å². The standard InChI is InChI=1S/C21H16ClN7O/c1-30-16-10-8-14(9-11-16)20(27-26-15-5-4-12-23-13-15)28-29-21-19(22)24-17-6-2-3-7-18(17)25-21/h2-13,26H,1H3/b27-20+,29-28?. The number of anilines is 1. The lowest BCUT2D eigenvalue weighted by Crippen LogP contribution is -2.01. The first-order valence-corrected chi connectivity index (χ1v) is 9.33. The van der Waals surface area contributed by atoms with Crippen molar-refractivity contribution >= 4 is 40.0 Å². The van der Waals surface area contributed by atoms with E-state index in [4.69, 9.17) is 16.3 Å². The second kappa shape index (κ2) is 9.06. The third-order valence-corrected chi connectivity index (χ3v) is 4.30. The Hall–Kier alpha value is -3.91. The van der Waals surface area contributed by atoms with E-state index in [2.05, 4.69) is 35.7 Å². The van der Waals surface area contributed by atoms with Crippen LogP contribution in [0.2, 0.25) is 5.15 Å². The highest BCUT2D eigenvalue weighted by molar-refractivity contribution is 6.31. The van der Waals surface area contributed by atoms with E-state index in [9.17, 15) is 0 Å². The number of hydrazone groups is 1. The van der Waals surface area contributed by atoms with Crippen LogP contribution in [0.1, 0.15) is 5.56 Å². The van der Waals surface area contributed by atoms with Crippen LogP contribution in [0.15, 0.2) is 88.4 Å². The summed E-state index contributed by atoms with van der Waals surface area (Å²) in [5, 5.41) is 13.0. The van der Waals surface area contributed by atoms with Crippen molar-refractivity contribution in [3.63, 3.8) is 0 Å². The van der Waals surface area contributed by atoms with Crippen molar-refractivity contribution < 1.29 is 4.74 Å². The molecule has 0 aliphatic heterocycles. The zero-order valence-corrected chi connectivity index (χ0v) is 16.7. The molecule has 2 aromatic carbocycles. The summed E-state index contributed by atoms with van der Waals surface area (Å²) in [4.78, 5) is 12.8. The average molecular weight is 418 g/mol. The van der Waals surface area contributed by atoms with Gasteiger partial charge in [-0.3, -0.25) is 10.4 Å². The molecule has 0 spiro atoms. The molecular formula is C21H16ClN7O. The fraction of sp³-hybridized carbons (Fsp3) is 0.0476. The molecule has 148 valence electrons. The predicted octanol–water partition coefficient (Wildman–Crippen LogP) is 5.24. The topological polar surface area (TPSA) is 97.0 Å². The number of nitrogens with zero attached hydrogens (tertiary/aromatic N) is 6. The number of para-hydroxylation sites is 2. The Bertz CT molecular complexity index is 1210. The van der Waals surface area contributed by atoms with Gasteiger partial charge in [-0.15, -0.1) is 10.2 Å². The molecule has 4 aromatic rings. The van der Waals surface area contributed by atoms with Crippen LogP contribution in [0, 0.1) is 0 Å². The quantitative estimate of drug-likeness (QED) is 0.207. The number of azo groups is 1. The molecule has 4 rings (SSSR count). The van der Waals surface area contributed by atoms with E-state index >= 15 is 0 Å². The van der Waals surface area contributed by atoms with Crippen LogP contribution in [0.4, 0.5) is 11.5 Å². The van der Waals surface area contributed by atoms with Gasteiger partial charge in [-0.2, -0.15) is 5.10 Å². The molecule has 0 amide bonds. The molecule has 2 aromatic heterocycles. The molecule has 0 atom stereocenters. The lowest BCUT2D eigenvalue weighted by atomic mass is 10.2. The van der Waals surface area contributed by atoms with Crippen LogP contribution >= 0.6 is 11.6 Å². The molecule has 2 heterocycles. The van der Waals surface area contributed by atoms with E-state index in [0.29, 0.717) is 22.6 Å². The summed E-state index contributed by atoms with van der Waals surface area (Å²) in [6, 6.07) is 18.3. The summed E-state index contributed by atoms with van der Waals surface area (Å²) in [7, 11) is 1.61. The van der Waals surface area contributed by atoms with Gasteiger partial charge in [-0.1, -0.05) is 23.7 Å². The van der Waals surface area contributed by atoms with Gasteiger partial charge >= 0.3 is 0 Å². The number of hydrogen-bond donors (Lipinski definition) is 1. The number of aromatic nitrogens is 3. The van der Waals surface area contributed by atoms with Gasteiger partial charge in [0.1, 0.15) is 5.75 Å². The van der Waals surface area contributed by atoms with Crippen LogP contribution in [0.25, 0.3) is 11.0 Å². The molecule has 0 unspecified atom stereocenters. The molecule has 0 saturated carbocycles. The number of ether oxygens (including phenoxy) is 1. The van der Waals surface area contributed by atoms with E-state index in [0.717, 1.165) is 11.3 Å². The molecular weight excluding hydrogens is 402 g/mol. The minimum atomic E-state index is 0.159. The Labute approximate surface area is 177 Å². The zero-order chi connectivity index (χ0) is 20.8. The molecule has 0 radical (unpaired) electrons. The minimum Gasteiger partial charge on any atom is -0.497 e. The van der Waals surface area contributed by atoms with E-state index in [1.165, 1.54) is 0 Å². The zero-order valence-electron chi connectivity index (χ0n) is 15.9. The second-order valence-electron chi connectivity index (χ2n) is 6.04. The van der Waals surface area contributed by atoms with Crippen molar-refractivity contribution in [2.75, 3.05) is 12.5 Å². The fourth-order valence-corrected chi connectivity index (χ4v) is 2.73. The average Bonchev–Trinajstić information content (AvgIpc) is 2.80. The van der Waals surface area contributed by atoms with Crippen LogP contribution in [-0.2, 0) is 0 Å². The molecule has 30 heavy (non-hydrogen) atoms. The minimum absolute atomic E-state index is 0.159. The number of hydrogen-bond acceptors (Lipinski definition) is 7. The maximum Gasteiger partial charge on any atom is 0.212 e. The summed E-state index contributed by atoms with van der Waals surface area (Å²) in [5.74, 6) is 1.25. The Balaban J connectivity index is 1.69. The maximum absolute atomic E-state index is 6.24. The number of fused-ring (bicyclic) bond motifs is 1. The summed E-state index contributed by atoms with van der Waals surface area (Å²) in [6.45, 7) is 0. The van der Waals surface area contributed by atoms with Crippen molar-refractivity contribution in [1.82, 2.24) is 15.0 Å². The first-order valence-electron chi connectivity index (χ1n) is 8.95. The summed E-state index contributed by atoms with van der Waals surface area (Å²) < 4.78 is 5.21. The van der Waals surface area contributed by atoms with Gasteiger partial charge in [0.15, 0.2) is 5.15 Å². The Morgan fingerprint density at radius 2 is 1.73 bits per heavy atom. The van der Waals surface area contributed by atoms with Gasteiger partial charge in [0, 0.05) is 11.8 Å². The molecule has 0 saturated heterocycles. The first-order chi connectivity index (χ1) is 14.7. The molecule has 8 nitrogen and oxygen atoms in total. The van der Waals surface area contributed by atoms with Crippen molar-refractivity contribution in [2.45, 2.75) is 0 Å². The third kappa shape index (κ3) is 4.56. The molecule has 0 fully saturated rings. The van der Waals surface area contributed by atoms with Gasteiger partial charge in [-0.05, 0) is 48.5 Å². The van der Waals surface area contributed by atoms with Crippen LogP contribution in [0.3, 0.4) is 0 Å². The highest BCUT2D eigenvalue weighted by Gasteiger charge is 2.08. The molecule has 9 heteroatoms. The number of pyridine rings is 1. The molecule has 0 aliphatic rings. The Kier molecular flexibility index (Phi) is 5.86. The molecule has 0 bridgehead atoms. The van der Waals surface area contributed by atoms with Crippen molar-refractivity contribution in [1.29, 1.82) is 0 Å². The number of benzene rings is 2. The fourth-order valence-electron chi connectivity index (χ4n) is 2.56. The van der Waals surface area contributed by atoms with Crippen molar-refractivity contribution in [3.8, 4) is 5.75 Å². The number of methoxy groups -OCH3 is 1. The highest BCUT2D eigenvalue weighted by atomic mass is 35.5. The van der Waals surface area contributed by atoms with E-state index < -0.39 is 0 Å². The van der Waals surface area contributed by atoms with Gasteiger partial charge in [0.2, 0.25) is 11.7 Å². The molecule has 1 N–H and O–H groups in total. The van der Waals surface area contributed by atoms with Gasteiger partial charge in [0.05, 0.1) is 30.0 Å². The normalized spacial score (nSPS) is 11.7. The van der Waals surface area contributed by atoms with Crippen LogP contribution < -0.4 is 10.2 Å². The highest BCUT2D eigenvalue weighted by Crippen LogP contribution is 2.24. The first kappa shape index (κ1) is 19.4. The van der Waals surface area contributed by atoms with E-state index in [1.807, 2.05) is 54.6 Å². The third-order valence-electron chi connectivity index (χ3n) is 4.05. The van der Waals surface area contributed by atoms with E-state index in [1.54, 1.807) is 25.6 Å². The lowest BCUT2D eigenvalue weighted by molar-refractivity contribution is 0.415. The van der Waals surface area contributed by atoms with Crippen LogP contribution in [0.5, 0.6) is 5.75 Å². The summed E-state index contributed by atoms with van der Waals surface area (Å²) in [6.07, 6.45) is 3.33. The van der Waals surface area contributed by atoms with Crippen LogP contribution in [-0.4, -0.2) is 27.9 Å². The predicted molar refractivity (Wildman–Crippen MR) is 116 cm³/mol. The van der Waals surface area contributed by atoms with Gasteiger partial charge in [-0.25, -0.2) is 9.97 Å². The number of nitrogens with one attached hydrogen (secondary N) is 1. The molecule has 0 aliphatic carbocycles. The van der Waals surface area contributed by atoms with Gasteiger partial charge < -0.3 is 4.74 Å². The Morgan fingerprint density at radius 3 is 2.43 bits per heavy atom. The largest absolute Gasteiger partial charge is 0.497 e. The number of rotatable bonds is 5. The van der Waals surface area contributed by atoms with E-state index in [-0.39, 0.29) is 11.0 Å². The Morgan fingerprint density at radius 1 is 0.967 bits per heavy atom. The number of amidine groups is 1. The summed E-state index contributed by atoms with van der Waals surface area (Å²) in [5.41, 5.74) is 5.71. The maximum atomic E-state index is 6.24. The second-order valence-corrected chi connectivity index (χ2v) is 6.40. The smallest absolute Gasteiger partial charge is 0.212 e. The number of halogens is 1.